The SMILES string of the molecule is CN(Cc1ccc(Br)cc1)c1cccc(Br)c1C#N. The first-order valence-electron chi connectivity index (χ1n) is 5.76. The lowest BCUT2D eigenvalue weighted by Gasteiger charge is -2.21. The van der Waals surface area contributed by atoms with Crippen molar-refractivity contribution in [2.24, 2.45) is 0 Å². The summed E-state index contributed by atoms with van der Waals surface area (Å²) in [5, 5.41) is 9.24. The fourth-order valence-corrected chi connectivity index (χ4v) is 2.60. The lowest BCUT2D eigenvalue weighted by Crippen LogP contribution is -2.17. The van der Waals surface area contributed by atoms with Gasteiger partial charge in [0, 0.05) is 22.5 Å². The van der Waals surface area contributed by atoms with E-state index in [9.17, 15) is 5.26 Å². The molecular weight excluding hydrogens is 368 g/mol. The molecule has 0 amide bonds. The molecule has 0 spiro atoms. The molecule has 0 aliphatic carbocycles. The molecule has 0 atom stereocenters. The molecule has 2 nitrogen and oxygen atoms in total. The Kier molecular flexibility index (Phi) is 4.62. The Balaban J connectivity index is 2.25. The number of nitrogens with zero attached hydrogens (tertiary/aromatic N) is 2. The third-order valence-corrected chi connectivity index (χ3v) is 4.04. The molecule has 0 saturated heterocycles. The summed E-state index contributed by atoms with van der Waals surface area (Å²) >= 11 is 6.84. The molecule has 0 aliphatic rings. The summed E-state index contributed by atoms with van der Waals surface area (Å²) < 4.78 is 1.90. The fourth-order valence-electron chi connectivity index (χ4n) is 1.89. The molecule has 0 heterocycles. The van der Waals surface area contributed by atoms with Gasteiger partial charge in [0.15, 0.2) is 0 Å². The van der Waals surface area contributed by atoms with E-state index in [1.165, 1.54) is 5.56 Å². The molecule has 2 aromatic carbocycles. The van der Waals surface area contributed by atoms with Crippen LogP contribution in [0.15, 0.2) is 51.4 Å². The largest absolute Gasteiger partial charge is 0.369 e. The molecule has 4 heteroatoms. The minimum Gasteiger partial charge on any atom is -0.369 e. The summed E-state index contributed by atoms with van der Waals surface area (Å²) in [5.41, 5.74) is 2.80. The second kappa shape index (κ2) is 6.23. The van der Waals surface area contributed by atoms with E-state index in [0.717, 1.165) is 21.2 Å². The monoisotopic (exact) mass is 378 g/mol. The Labute approximate surface area is 129 Å². The van der Waals surface area contributed by atoms with Gasteiger partial charge in [0.1, 0.15) is 6.07 Å². The van der Waals surface area contributed by atoms with Crippen molar-refractivity contribution in [3.05, 3.63) is 62.5 Å². The van der Waals surface area contributed by atoms with Crippen molar-refractivity contribution in [3.63, 3.8) is 0 Å². The predicted octanol–water partition coefficient (Wildman–Crippen LogP) is 4.72. The normalized spacial score (nSPS) is 10.0. The van der Waals surface area contributed by atoms with Gasteiger partial charge in [-0.2, -0.15) is 5.26 Å². The standard InChI is InChI=1S/C15H12Br2N2/c1-19(10-11-5-7-12(16)8-6-11)15-4-2-3-14(17)13(15)9-18/h2-8H,10H2,1H3. The average Bonchev–Trinajstić information content (AvgIpc) is 2.41. The van der Waals surface area contributed by atoms with Gasteiger partial charge in [0.05, 0.1) is 11.3 Å². The van der Waals surface area contributed by atoms with E-state index in [1.54, 1.807) is 0 Å². The maximum atomic E-state index is 9.24. The van der Waals surface area contributed by atoms with Crippen LogP contribution in [0.3, 0.4) is 0 Å². The molecule has 2 aromatic rings. The van der Waals surface area contributed by atoms with Gasteiger partial charge in [-0.1, -0.05) is 34.1 Å². The summed E-state index contributed by atoms with van der Waals surface area (Å²) in [4.78, 5) is 2.08. The summed E-state index contributed by atoms with van der Waals surface area (Å²) in [5.74, 6) is 0. The second-order valence-corrected chi connectivity index (χ2v) is 6.00. The molecular formula is C15H12Br2N2. The maximum Gasteiger partial charge on any atom is 0.103 e. The number of halogens is 2. The highest BCUT2D eigenvalue weighted by atomic mass is 79.9. The first-order valence-corrected chi connectivity index (χ1v) is 7.34. The zero-order valence-corrected chi connectivity index (χ0v) is 13.6. The van der Waals surface area contributed by atoms with Gasteiger partial charge in [0.2, 0.25) is 0 Å². The number of hydrogen-bond donors (Lipinski definition) is 0. The van der Waals surface area contributed by atoms with Crippen LogP contribution in [0.4, 0.5) is 5.69 Å². The first-order chi connectivity index (χ1) is 9.11. The van der Waals surface area contributed by atoms with Crippen LogP contribution in [0.25, 0.3) is 0 Å². The Hall–Kier alpha value is -1.31. The third kappa shape index (κ3) is 3.37. The van der Waals surface area contributed by atoms with Crippen LogP contribution < -0.4 is 4.90 Å². The highest BCUT2D eigenvalue weighted by Crippen LogP contribution is 2.27. The van der Waals surface area contributed by atoms with E-state index >= 15 is 0 Å². The van der Waals surface area contributed by atoms with Gasteiger partial charge in [-0.15, -0.1) is 0 Å². The van der Waals surface area contributed by atoms with Crippen LogP contribution in [-0.4, -0.2) is 7.05 Å². The van der Waals surface area contributed by atoms with Crippen molar-refractivity contribution in [3.8, 4) is 6.07 Å². The van der Waals surface area contributed by atoms with Gasteiger partial charge in [-0.25, -0.2) is 0 Å². The number of hydrogen-bond acceptors (Lipinski definition) is 2. The topological polar surface area (TPSA) is 27.0 Å². The summed E-state index contributed by atoms with van der Waals surface area (Å²) in [7, 11) is 1.99. The zero-order valence-electron chi connectivity index (χ0n) is 10.4. The number of rotatable bonds is 3. The molecule has 0 radical (unpaired) electrons. The van der Waals surface area contributed by atoms with Gasteiger partial charge in [-0.3, -0.25) is 0 Å². The molecule has 0 unspecified atom stereocenters. The molecule has 0 fully saturated rings. The maximum absolute atomic E-state index is 9.24. The van der Waals surface area contributed by atoms with Gasteiger partial charge in [0.25, 0.3) is 0 Å². The minimum absolute atomic E-state index is 0.669. The van der Waals surface area contributed by atoms with E-state index in [1.807, 2.05) is 37.4 Å². The van der Waals surface area contributed by atoms with Crippen LogP contribution in [0.1, 0.15) is 11.1 Å². The first kappa shape index (κ1) is 14.1. The van der Waals surface area contributed by atoms with E-state index in [-0.39, 0.29) is 0 Å². The fraction of sp³-hybridized carbons (Fsp3) is 0.133. The Bertz CT molecular complexity index is 615. The lowest BCUT2D eigenvalue weighted by atomic mass is 10.1. The highest BCUT2D eigenvalue weighted by Gasteiger charge is 2.10. The van der Waals surface area contributed by atoms with Crippen LogP contribution in [0.5, 0.6) is 0 Å². The van der Waals surface area contributed by atoms with Crippen molar-refractivity contribution < 1.29 is 0 Å². The molecule has 2 rings (SSSR count). The predicted molar refractivity (Wildman–Crippen MR) is 85.1 cm³/mol. The average molecular weight is 380 g/mol. The van der Waals surface area contributed by atoms with E-state index < -0.39 is 0 Å². The third-order valence-electron chi connectivity index (χ3n) is 2.85. The van der Waals surface area contributed by atoms with E-state index in [0.29, 0.717) is 5.56 Å². The Morgan fingerprint density at radius 2 is 1.79 bits per heavy atom. The lowest BCUT2D eigenvalue weighted by molar-refractivity contribution is 0.920. The minimum atomic E-state index is 0.669. The number of anilines is 1. The van der Waals surface area contributed by atoms with Crippen molar-refractivity contribution in [2.45, 2.75) is 6.54 Å². The summed E-state index contributed by atoms with van der Waals surface area (Å²) in [6, 6.07) is 16.2. The number of benzene rings is 2. The van der Waals surface area contributed by atoms with Crippen molar-refractivity contribution >= 4 is 37.5 Å². The van der Waals surface area contributed by atoms with Crippen LogP contribution in [0, 0.1) is 11.3 Å². The van der Waals surface area contributed by atoms with E-state index in [4.69, 9.17) is 0 Å². The molecule has 0 N–H and O–H groups in total. The van der Waals surface area contributed by atoms with Crippen molar-refractivity contribution in [2.75, 3.05) is 11.9 Å². The van der Waals surface area contributed by atoms with Gasteiger partial charge < -0.3 is 4.90 Å². The Morgan fingerprint density at radius 1 is 1.11 bits per heavy atom. The molecule has 0 saturated carbocycles. The van der Waals surface area contributed by atoms with Gasteiger partial charge >= 0.3 is 0 Å². The van der Waals surface area contributed by atoms with Crippen LogP contribution >= 0.6 is 31.9 Å². The van der Waals surface area contributed by atoms with Crippen LogP contribution in [-0.2, 0) is 6.54 Å². The molecule has 0 aliphatic heterocycles. The zero-order chi connectivity index (χ0) is 13.8. The van der Waals surface area contributed by atoms with E-state index in [2.05, 4.69) is 55.0 Å². The smallest absolute Gasteiger partial charge is 0.103 e. The summed E-state index contributed by atoms with van der Waals surface area (Å²) in [6.45, 7) is 0.762. The van der Waals surface area contributed by atoms with Crippen molar-refractivity contribution in [1.29, 1.82) is 5.26 Å². The quantitative estimate of drug-likeness (QED) is 0.771. The second-order valence-electron chi connectivity index (χ2n) is 4.23. The molecule has 19 heavy (non-hydrogen) atoms. The van der Waals surface area contributed by atoms with Crippen LogP contribution in [0.2, 0.25) is 0 Å². The highest BCUT2D eigenvalue weighted by molar-refractivity contribution is 9.10. The van der Waals surface area contributed by atoms with Crippen molar-refractivity contribution in [1.82, 2.24) is 0 Å². The molecule has 0 bridgehead atoms. The van der Waals surface area contributed by atoms with Gasteiger partial charge in [-0.05, 0) is 45.8 Å². The molecule has 96 valence electrons. The summed E-state index contributed by atoms with van der Waals surface area (Å²) in [6.07, 6.45) is 0. The number of nitriles is 1. The molecule has 0 aromatic heterocycles. The Morgan fingerprint density at radius 3 is 2.42 bits per heavy atom.